The van der Waals surface area contributed by atoms with Crippen LogP contribution in [0.3, 0.4) is 0 Å². The maximum absolute atomic E-state index is 3.30. The number of rotatable bonds is 6. The van der Waals surface area contributed by atoms with Crippen molar-refractivity contribution in [3.05, 3.63) is 47.6 Å². The predicted octanol–water partition coefficient (Wildman–Crippen LogP) is -0.262. The van der Waals surface area contributed by atoms with E-state index in [0.29, 0.717) is 0 Å². The SMILES string of the molecule is CCCCC1=[C-]CC=C1.CCCCC1=[C-]CC=C1.[Cl-].[Cl-].[Hf+4]. The van der Waals surface area contributed by atoms with Crippen LogP contribution in [0.5, 0.6) is 0 Å². The number of unbranched alkanes of at least 4 members (excludes halogenated alkanes) is 2. The second kappa shape index (κ2) is 18.5. The Labute approximate surface area is 162 Å². The van der Waals surface area contributed by atoms with Crippen LogP contribution in [-0.2, 0) is 25.8 Å². The van der Waals surface area contributed by atoms with Gasteiger partial charge in [-0.15, -0.1) is 12.8 Å². The van der Waals surface area contributed by atoms with Gasteiger partial charge in [0.1, 0.15) is 0 Å². The molecule has 21 heavy (non-hydrogen) atoms. The van der Waals surface area contributed by atoms with Crippen LogP contribution in [0.2, 0.25) is 0 Å². The second-order valence-electron chi connectivity index (χ2n) is 4.82. The Morgan fingerprint density at radius 2 is 1.19 bits per heavy atom. The summed E-state index contributed by atoms with van der Waals surface area (Å²) >= 11 is 0. The van der Waals surface area contributed by atoms with Crippen molar-refractivity contribution >= 4 is 0 Å². The molecule has 0 radical (unpaired) electrons. The molecule has 0 saturated carbocycles. The first-order valence-corrected chi connectivity index (χ1v) is 7.39. The zero-order chi connectivity index (χ0) is 13.1. The van der Waals surface area contributed by atoms with Crippen LogP contribution in [0.25, 0.3) is 0 Å². The molecular formula is C18H26Cl2Hf. The van der Waals surface area contributed by atoms with E-state index in [-0.39, 0.29) is 50.7 Å². The van der Waals surface area contributed by atoms with Crippen molar-refractivity contribution in [2.75, 3.05) is 0 Å². The number of hydrogen-bond donors (Lipinski definition) is 0. The molecule has 2 aliphatic rings. The van der Waals surface area contributed by atoms with E-state index in [1.165, 1.54) is 49.7 Å². The van der Waals surface area contributed by atoms with E-state index in [4.69, 9.17) is 0 Å². The Kier molecular flexibility index (Phi) is 23.1. The maximum Gasteiger partial charge on any atom is 4.00 e. The standard InChI is InChI=1S/2C9H13.2ClH.Hf/c2*1-2-3-6-9-7-4-5-8-9;;;/h2*4,7H,2-3,5-6H2,1H3;2*1H;/q2*-1;;;+4/p-2. The second-order valence-corrected chi connectivity index (χ2v) is 4.82. The van der Waals surface area contributed by atoms with E-state index in [1.54, 1.807) is 0 Å². The van der Waals surface area contributed by atoms with E-state index in [2.05, 4.69) is 50.3 Å². The van der Waals surface area contributed by atoms with Crippen LogP contribution >= 0.6 is 0 Å². The van der Waals surface area contributed by atoms with Crippen molar-refractivity contribution in [2.24, 2.45) is 0 Å². The summed E-state index contributed by atoms with van der Waals surface area (Å²) in [5.74, 6) is 0. The Morgan fingerprint density at radius 1 is 0.810 bits per heavy atom. The largest absolute Gasteiger partial charge is 4.00 e. The molecule has 0 aromatic heterocycles. The van der Waals surface area contributed by atoms with Crippen LogP contribution in [0.15, 0.2) is 35.5 Å². The zero-order valence-electron chi connectivity index (χ0n) is 13.2. The molecule has 0 aromatic rings. The summed E-state index contributed by atoms with van der Waals surface area (Å²) in [6.45, 7) is 4.44. The van der Waals surface area contributed by atoms with Gasteiger partial charge in [0.15, 0.2) is 0 Å². The van der Waals surface area contributed by atoms with Crippen molar-refractivity contribution in [1.82, 2.24) is 0 Å². The summed E-state index contributed by atoms with van der Waals surface area (Å²) in [6, 6.07) is 0. The third-order valence-corrected chi connectivity index (χ3v) is 3.13. The van der Waals surface area contributed by atoms with E-state index in [0.717, 1.165) is 12.8 Å². The molecule has 0 amide bonds. The van der Waals surface area contributed by atoms with Gasteiger partial charge in [-0.3, -0.25) is 12.2 Å². The summed E-state index contributed by atoms with van der Waals surface area (Å²) < 4.78 is 0. The van der Waals surface area contributed by atoms with Crippen molar-refractivity contribution in [1.29, 1.82) is 0 Å². The fraction of sp³-hybridized carbons (Fsp3) is 0.556. The molecule has 0 unspecified atom stereocenters. The monoisotopic (exact) mass is 492 g/mol. The van der Waals surface area contributed by atoms with Gasteiger partial charge in [-0.05, 0) is 0 Å². The quantitative estimate of drug-likeness (QED) is 0.355. The van der Waals surface area contributed by atoms with Crippen molar-refractivity contribution in [3.63, 3.8) is 0 Å². The fourth-order valence-corrected chi connectivity index (χ4v) is 1.98. The van der Waals surface area contributed by atoms with Gasteiger partial charge in [-0.25, -0.2) is 23.3 Å². The van der Waals surface area contributed by atoms with Crippen LogP contribution in [0.1, 0.15) is 65.2 Å². The van der Waals surface area contributed by atoms with Crippen LogP contribution in [0, 0.1) is 12.2 Å². The van der Waals surface area contributed by atoms with Crippen LogP contribution < -0.4 is 24.8 Å². The molecule has 0 heterocycles. The van der Waals surface area contributed by atoms with Gasteiger partial charge in [-0.1, -0.05) is 52.4 Å². The molecule has 2 aliphatic carbocycles. The van der Waals surface area contributed by atoms with Crippen molar-refractivity contribution in [3.8, 4) is 0 Å². The van der Waals surface area contributed by atoms with Crippen LogP contribution in [-0.4, -0.2) is 0 Å². The molecule has 2 rings (SSSR count). The molecule has 0 aromatic carbocycles. The summed E-state index contributed by atoms with van der Waals surface area (Å²) in [5.41, 5.74) is 2.83. The molecule has 0 N–H and O–H groups in total. The normalized spacial score (nSPS) is 14.0. The summed E-state index contributed by atoms with van der Waals surface area (Å²) in [5, 5.41) is 0. The Morgan fingerprint density at radius 3 is 1.43 bits per heavy atom. The summed E-state index contributed by atoms with van der Waals surface area (Å²) in [4.78, 5) is 0. The van der Waals surface area contributed by atoms with Crippen molar-refractivity contribution in [2.45, 2.75) is 65.2 Å². The smallest absolute Gasteiger partial charge is 1.00 e. The van der Waals surface area contributed by atoms with Gasteiger partial charge < -0.3 is 24.8 Å². The van der Waals surface area contributed by atoms with E-state index < -0.39 is 0 Å². The van der Waals surface area contributed by atoms with E-state index in [1.807, 2.05) is 0 Å². The van der Waals surface area contributed by atoms with E-state index in [9.17, 15) is 0 Å². The fourth-order valence-electron chi connectivity index (χ4n) is 1.98. The molecule has 3 heteroatoms. The molecule has 0 spiro atoms. The molecule has 0 saturated heterocycles. The minimum Gasteiger partial charge on any atom is -1.00 e. The van der Waals surface area contributed by atoms with Crippen molar-refractivity contribution < 1.29 is 50.7 Å². The topological polar surface area (TPSA) is 0 Å². The molecular weight excluding hydrogens is 466 g/mol. The van der Waals surface area contributed by atoms with Gasteiger partial charge in [0, 0.05) is 0 Å². The summed E-state index contributed by atoms with van der Waals surface area (Å²) in [6.07, 6.45) is 25.1. The predicted molar refractivity (Wildman–Crippen MR) is 80.1 cm³/mol. The van der Waals surface area contributed by atoms with Crippen LogP contribution in [0.4, 0.5) is 0 Å². The first kappa shape index (κ1) is 26.3. The third-order valence-electron chi connectivity index (χ3n) is 3.13. The number of hydrogen-bond acceptors (Lipinski definition) is 0. The minimum atomic E-state index is 0. The molecule has 0 nitrogen and oxygen atoms in total. The molecule has 0 fully saturated rings. The van der Waals surface area contributed by atoms with Gasteiger partial charge in [0.05, 0.1) is 0 Å². The van der Waals surface area contributed by atoms with Gasteiger partial charge in [0.2, 0.25) is 0 Å². The molecule has 0 atom stereocenters. The Bertz CT molecular complexity index is 307. The Hall–Kier alpha value is 0.410. The molecule has 0 aliphatic heterocycles. The van der Waals surface area contributed by atoms with E-state index >= 15 is 0 Å². The first-order valence-electron chi connectivity index (χ1n) is 7.39. The average Bonchev–Trinajstić information content (AvgIpc) is 3.07. The Balaban J connectivity index is -0.000000270. The number of halogens is 2. The van der Waals surface area contributed by atoms with Gasteiger partial charge in [-0.2, -0.15) is 12.2 Å². The number of allylic oxidation sites excluding steroid dienone is 8. The molecule has 0 bridgehead atoms. The summed E-state index contributed by atoms with van der Waals surface area (Å²) in [7, 11) is 0. The first-order chi connectivity index (χ1) is 8.86. The maximum atomic E-state index is 3.30. The van der Waals surface area contributed by atoms with Gasteiger partial charge >= 0.3 is 25.8 Å². The average molecular weight is 492 g/mol. The molecule has 116 valence electrons. The van der Waals surface area contributed by atoms with Gasteiger partial charge in [0.25, 0.3) is 0 Å². The minimum absolute atomic E-state index is 0. The zero-order valence-corrected chi connectivity index (χ0v) is 18.3. The third kappa shape index (κ3) is 13.8.